The first-order chi connectivity index (χ1) is 13.4. The Morgan fingerprint density at radius 2 is 1.61 bits per heavy atom. The van der Waals surface area contributed by atoms with Crippen LogP contribution < -0.4 is 5.56 Å². The minimum absolute atomic E-state index is 0.0726. The fourth-order valence-electron chi connectivity index (χ4n) is 3.56. The van der Waals surface area contributed by atoms with E-state index in [1.54, 1.807) is 4.68 Å². The number of aryl methyl sites for hydroxylation is 1. The van der Waals surface area contributed by atoms with Gasteiger partial charge in [-0.1, -0.05) is 55.0 Å². The summed E-state index contributed by atoms with van der Waals surface area (Å²) in [5.74, 6) is 0. The van der Waals surface area contributed by atoms with E-state index < -0.39 is 0 Å². The van der Waals surface area contributed by atoms with Crippen LogP contribution in [0.15, 0.2) is 59.4 Å². The van der Waals surface area contributed by atoms with Crippen molar-refractivity contribution in [3.05, 3.63) is 87.3 Å². The van der Waals surface area contributed by atoms with Crippen molar-refractivity contribution < 1.29 is 0 Å². The molecule has 0 bridgehead atoms. The van der Waals surface area contributed by atoms with E-state index in [2.05, 4.69) is 49.9 Å². The highest BCUT2D eigenvalue weighted by Crippen LogP contribution is 2.17. The second kappa shape index (κ2) is 8.61. The lowest BCUT2D eigenvalue weighted by atomic mass is 10.1. The van der Waals surface area contributed by atoms with Crippen LogP contribution in [0, 0.1) is 13.8 Å². The Bertz CT molecular complexity index is 968. The first-order valence-corrected chi connectivity index (χ1v) is 10.0. The Morgan fingerprint density at radius 3 is 2.21 bits per heavy atom. The zero-order chi connectivity index (χ0) is 20.3. The first-order valence-electron chi connectivity index (χ1n) is 10.0. The molecule has 4 nitrogen and oxygen atoms in total. The van der Waals surface area contributed by atoms with E-state index in [0.29, 0.717) is 12.6 Å². The van der Waals surface area contributed by atoms with Crippen molar-refractivity contribution in [3.63, 3.8) is 0 Å². The normalized spacial score (nSPS) is 12.5. The highest BCUT2D eigenvalue weighted by atomic mass is 16.1. The SMILES string of the molecule is CCC(C)N(Cc1ccc(C)cc1)Cc1c(C)n(C)n(-c2ccccc2)c1=O. The van der Waals surface area contributed by atoms with Gasteiger partial charge in [0.1, 0.15) is 0 Å². The average molecular weight is 378 g/mol. The number of aromatic nitrogens is 2. The van der Waals surface area contributed by atoms with Crippen molar-refractivity contribution in [2.75, 3.05) is 0 Å². The van der Waals surface area contributed by atoms with Crippen molar-refractivity contribution >= 4 is 0 Å². The largest absolute Gasteiger partial charge is 0.292 e. The second-order valence-electron chi connectivity index (χ2n) is 7.69. The molecule has 2 aromatic carbocycles. The summed E-state index contributed by atoms with van der Waals surface area (Å²) in [4.78, 5) is 15.7. The Labute approximate surface area is 168 Å². The molecular formula is C24H31N3O. The van der Waals surface area contributed by atoms with Gasteiger partial charge < -0.3 is 0 Å². The molecule has 0 radical (unpaired) electrons. The van der Waals surface area contributed by atoms with Gasteiger partial charge >= 0.3 is 0 Å². The van der Waals surface area contributed by atoms with Gasteiger partial charge in [0.25, 0.3) is 5.56 Å². The molecular weight excluding hydrogens is 346 g/mol. The summed E-state index contributed by atoms with van der Waals surface area (Å²) >= 11 is 0. The summed E-state index contributed by atoms with van der Waals surface area (Å²) in [5, 5.41) is 0. The van der Waals surface area contributed by atoms with Gasteiger partial charge in [0, 0.05) is 31.9 Å². The van der Waals surface area contributed by atoms with E-state index in [4.69, 9.17) is 0 Å². The number of nitrogens with zero attached hydrogens (tertiary/aromatic N) is 3. The van der Waals surface area contributed by atoms with Gasteiger partial charge in [-0.2, -0.15) is 0 Å². The maximum Gasteiger partial charge on any atom is 0.276 e. The quantitative estimate of drug-likeness (QED) is 0.603. The Balaban J connectivity index is 1.95. The maximum absolute atomic E-state index is 13.3. The van der Waals surface area contributed by atoms with Crippen molar-refractivity contribution in [2.24, 2.45) is 7.05 Å². The summed E-state index contributed by atoms with van der Waals surface area (Å²) in [5.41, 5.74) is 5.41. The highest BCUT2D eigenvalue weighted by Gasteiger charge is 2.21. The maximum atomic E-state index is 13.3. The molecule has 1 heterocycles. The molecule has 28 heavy (non-hydrogen) atoms. The standard InChI is InChI=1S/C24H31N3O/c1-6-19(3)26(16-21-14-12-18(2)13-15-21)17-23-20(4)25(5)27(24(23)28)22-10-8-7-9-11-22/h7-15,19H,6,16-17H2,1-5H3. The predicted octanol–water partition coefficient (Wildman–Crippen LogP) is 4.59. The lowest BCUT2D eigenvalue weighted by Crippen LogP contribution is -2.34. The number of hydrogen-bond donors (Lipinski definition) is 0. The highest BCUT2D eigenvalue weighted by molar-refractivity contribution is 5.33. The van der Waals surface area contributed by atoms with Crippen LogP contribution in [0.1, 0.15) is 42.7 Å². The monoisotopic (exact) mass is 377 g/mol. The molecule has 148 valence electrons. The van der Waals surface area contributed by atoms with Crippen LogP contribution in [-0.2, 0) is 20.1 Å². The molecule has 0 spiro atoms. The Morgan fingerprint density at radius 1 is 0.964 bits per heavy atom. The van der Waals surface area contributed by atoms with Crippen LogP contribution in [0.25, 0.3) is 5.69 Å². The van der Waals surface area contributed by atoms with Gasteiger partial charge in [-0.05, 0) is 44.9 Å². The number of hydrogen-bond acceptors (Lipinski definition) is 2. The summed E-state index contributed by atoms with van der Waals surface area (Å²) in [7, 11) is 1.96. The van der Waals surface area contributed by atoms with E-state index in [1.165, 1.54) is 11.1 Å². The molecule has 1 unspecified atom stereocenters. The van der Waals surface area contributed by atoms with Crippen molar-refractivity contribution in [1.29, 1.82) is 0 Å². The minimum Gasteiger partial charge on any atom is -0.292 e. The third kappa shape index (κ3) is 4.12. The smallest absolute Gasteiger partial charge is 0.276 e. The lowest BCUT2D eigenvalue weighted by molar-refractivity contribution is 0.185. The number of benzene rings is 2. The van der Waals surface area contributed by atoms with E-state index >= 15 is 0 Å². The van der Waals surface area contributed by atoms with Gasteiger partial charge in [0.2, 0.25) is 0 Å². The predicted molar refractivity (Wildman–Crippen MR) is 116 cm³/mol. The molecule has 0 amide bonds. The zero-order valence-electron chi connectivity index (χ0n) is 17.6. The van der Waals surface area contributed by atoms with Gasteiger partial charge in [-0.25, -0.2) is 4.68 Å². The van der Waals surface area contributed by atoms with Crippen molar-refractivity contribution in [1.82, 2.24) is 14.3 Å². The lowest BCUT2D eigenvalue weighted by Gasteiger charge is -2.28. The van der Waals surface area contributed by atoms with E-state index in [-0.39, 0.29) is 5.56 Å². The van der Waals surface area contributed by atoms with Crippen LogP contribution in [-0.4, -0.2) is 20.3 Å². The second-order valence-corrected chi connectivity index (χ2v) is 7.69. The molecule has 3 rings (SSSR count). The number of rotatable bonds is 7. The van der Waals surface area contributed by atoms with E-state index in [9.17, 15) is 4.79 Å². The fraction of sp³-hybridized carbons (Fsp3) is 0.375. The molecule has 1 atom stereocenters. The number of para-hydroxylation sites is 1. The van der Waals surface area contributed by atoms with Gasteiger partial charge in [-0.15, -0.1) is 0 Å². The molecule has 0 aliphatic heterocycles. The van der Waals surface area contributed by atoms with Gasteiger partial charge in [0.05, 0.1) is 11.3 Å². The van der Waals surface area contributed by atoms with Crippen molar-refractivity contribution in [2.45, 2.75) is 53.2 Å². The average Bonchev–Trinajstić information content (AvgIpc) is 2.92. The molecule has 3 aromatic rings. The van der Waals surface area contributed by atoms with E-state index in [0.717, 1.165) is 29.9 Å². The third-order valence-corrected chi connectivity index (χ3v) is 5.76. The van der Waals surface area contributed by atoms with Crippen LogP contribution in [0.5, 0.6) is 0 Å². The summed E-state index contributed by atoms with van der Waals surface area (Å²) in [6.07, 6.45) is 1.05. The summed E-state index contributed by atoms with van der Waals surface area (Å²) in [6.45, 7) is 10.1. The molecule has 0 aliphatic carbocycles. The van der Waals surface area contributed by atoms with Gasteiger partial charge in [0.15, 0.2) is 0 Å². The van der Waals surface area contributed by atoms with Crippen LogP contribution in [0.4, 0.5) is 0 Å². The molecule has 0 saturated carbocycles. The molecule has 0 saturated heterocycles. The molecule has 0 N–H and O–H groups in total. The Kier molecular flexibility index (Phi) is 6.20. The molecule has 0 aliphatic rings. The van der Waals surface area contributed by atoms with Gasteiger partial charge in [-0.3, -0.25) is 14.4 Å². The fourth-order valence-corrected chi connectivity index (χ4v) is 3.56. The summed E-state index contributed by atoms with van der Waals surface area (Å²) < 4.78 is 3.74. The zero-order valence-corrected chi connectivity index (χ0v) is 17.6. The summed E-state index contributed by atoms with van der Waals surface area (Å²) in [6, 6.07) is 18.9. The van der Waals surface area contributed by atoms with Crippen LogP contribution in [0.3, 0.4) is 0 Å². The third-order valence-electron chi connectivity index (χ3n) is 5.76. The van der Waals surface area contributed by atoms with Crippen LogP contribution in [0.2, 0.25) is 0 Å². The molecule has 1 aromatic heterocycles. The van der Waals surface area contributed by atoms with E-state index in [1.807, 2.05) is 49.0 Å². The van der Waals surface area contributed by atoms with Crippen molar-refractivity contribution in [3.8, 4) is 5.69 Å². The first kappa shape index (κ1) is 20.2. The Hall–Kier alpha value is -2.59. The molecule has 0 fully saturated rings. The molecule has 4 heteroatoms. The van der Waals surface area contributed by atoms with Crippen LogP contribution >= 0.6 is 0 Å². The topological polar surface area (TPSA) is 30.2 Å². The minimum atomic E-state index is 0.0726.